The van der Waals surface area contributed by atoms with Crippen LogP contribution in [0.4, 0.5) is 0 Å². The third-order valence-electron chi connectivity index (χ3n) is 9.84. The lowest BCUT2D eigenvalue weighted by Gasteiger charge is -2.18. The Kier molecular flexibility index (Phi) is 29.1. The molecule has 0 aliphatic heterocycles. The van der Waals surface area contributed by atoms with Gasteiger partial charge in [0, 0.05) is 10.5 Å². The minimum atomic E-state index is -0.00475. The van der Waals surface area contributed by atoms with Crippen molar-refractivity contribution in [3.8, 4) is 17.2 Å². The van der Waals surface area contributed by atoms with Gasteiger partial charge in [-0.2, -0.15) is 0 Å². The van der Waals surface area contributed by atoms with Crippen LogP contribution in [0, 0.1) is 0 Å². The topological polar surface area (TPSA) is 44.8 Å². The van der Waals surface area contributed by atoms with Crippen LogP contribution in [-0.2, 0) is 0 Å². The minimum Gasteiger partial charge on any atom is -0.490 e. The molecule has 0 heterocycles. The number of hydrogen-bond acceptors (Lipinski definition) is 5. The summed E-state index contributed by atoms with van der Waals surface area (Å²) in [6, 6.07) is 12.0. The third kappa shape index (κ3) is 23.2. The van der Waals surface area contributed by atoms with Crippen molar-refractivity contribution in [2.24, 2.45) is 0 Å². The maximum absolute atomic E-state index is 13.2. The first-order valence-electron chi connectivity index (χ1n) is 22.1. The van der Waals surface area contributed by atoms with Crippen molar-refractivity contribution in [1.82, 2.24) is 0 Å². The molecule has 2 aromatic carbocycles. The molecule has 0 amide bonds. The van der Waals surface area contributed by atoms with Gasteiger partial charge in [0.2, 0.25) is 5.75 Å². The van der Waals surface area contributed by atoms with E-state index in [-0.39, 0.29) is 5.78 Å². The molecule has 2 rings (SSSR count). The Morgan fingerprint density at radius 3 is 1.32 bits per heavy atom. The molecule has 0 spiro atoms. The van der Waals surface area contributed by atoms with Gasteiger partial charge in [-0.05, 0) is 79.5 Å². The number of carbonyl (C=O) groups excluding carboxylic acids is 1. The first kappa shape index (κ1) is 46.8. The van der Waals surface area contributed by atoms with Crippen LogP contribution in [0.3, 0.4) is 0 Å². The molecule has 0 aliphatic rings. The average Bonchev–Trinajstić information content (AvgIpc) is 3.18. The Hall–Kier alpha value is -2.40. The number of ether oxygens (including phenoxy) is 3. The van der Waals surface area contributed by atoms with Crippen molar-refractivity contribution in [3.63, 3.8) is 0 Å². The SMILES string of the molecule is CCCCCCCCCCOc1cc(/C=C/C(=O)c2ccc(SCCC)cc2)cc(OCCCCCCCCCC)c1OCCCCCCCCCC. The summed E-state index contributed by atoms with van der Waals surface area (Å²) in [6.45, 7) is 10.9. The van der Waals surface area contributed by atoms with Crippen LogP contribution in [0.15, 0.2) is 47.4 Å². The van der Waals surface area contributed by atoms with E-state index in [2.05, 4.69) is 27.7 Å². The maximum atomic E-state index is 13.2. The zero-order valence-electron chi connectivity index (χ0n) is 34.7. The number of unbranched alkanes of at least 4 members (excludes halogenated alkanes) is 21. The summed E-state index contributed by atoms with van der Waals surface area (Å²) in [5, 5.41) is 0. The van der Waals surface area contributed by atoms with E-state index >= 15 is 0 Å². The molecule has 0 bridgehead atoms. The van der Waals surface area contributed by atoms with Crippen LogP contribution in [-0.4, -0.2) is 31.4 Å². The van der Waals surface area contributed by atoms with Crippen molar-refractivity contribution >= 4 is 23.6 Å². The second kappa shape index (κ2) is 33.0. The molecule has 0 saturated carbocycles. The number of thioether (sulfide) groups is 1. The number of carbonyl (C=O) groups is 1. The summed E-state index contributed by atoms with van der Waals surface area (Å²) in [5.74, 6) is 3.25. The van der Waals surface area contributed by atoms with Gasteiger partial charge in [0.15, 0.2) is 17.3 Å². The van der Waals surface area contributed by atoms with Crippen LogP contribution in [0.25, 0.3) is 6.08 Å². The minimum absolute atomic E-state index is 0.00475. The van der Waals surface area contributed by atoms with Gasteiger partial charge in [-0.15, -0.1) is 11.8 Å². The molecule has 0 N–H and O–H groups in total. The molecule has 0 fully saturated rings. The predicted octanol–water partition coefficient (Wildman–Crippen LogP) is 15.6. The van der Waals surface area contributed by atoms with E-state index in [1.54, 1.807) is 6.08 Å². The fourth-order valence-electron chi connectivity index (χ4n) is 6.50. The number of allylic oxidation sites excluding steroid dienone is 1. The van der Waals surface area contributed by atoms with E-state index in [0.717, 1.165) is 54.2 Å². The summed E-state index contributed by atoms with van der Waals surface area (Å²) < 4.78 is 19.5. The first-order chi connectivity index (χ1) is 26.1. The molecule has 0 aromatic heterocycles. The highest BCUT2D eigenvalue weighted by molar-refractivity contribution is 7.99. The Morgan fingerprint density at radius 2 is 0.906 bits per heavy atom. The Morgan fingerprint density at radius 1 is 0.509 bits per heavy atom. The zero-order valence-corrected chi connectivity index (χ0v) is 35.5. The molecule has 53 heavy (non-hydrogen) atoms. The quantitative estimate of drug-likeness (QED) is 0.0300. The van der Waals surface area contributed by atoms with Gasteiger partial charge in [-0.25, -0.2) is 0 Å². The monoisotopic (exact) mass is 751 g/mol. The molecular weight excluding hydrogens is 673 g/mol. The fraction of sp³-hybridized carbons (Fsp3) is 0.688. The van der Waals surface area contributed by atoms with E-state index in [1.165, 1.54) is 140 Å². The molecule has 0 saturated heterocycles. The van der Waals surface area contributed by atoms with Gasteiger partial charge >= 0.3 is 0 Å². The van der Waals surface area contributed by atoms with Crippen LogP contribution in [0.1, 0.15) is 204 Å². The van der Waals surface area contributed by atoms with Crippen molar-refractivity contribution in [2.45, 2.75) is 193 Å². The zero-order chi connectivity index (χ0) is 38.0. The molecular formula is C48H78O4S. The van der Waals surface area contributed by atoms with Crippen molar-refractivity contribution in [2.75, 3.05) is 25.6 Å². The van der Waals surface area contributed by atoms with Gasteiger partial charge in [0.1, 0.15) is 0 Å². The second-order valence-electron chi connectivity index (χ2n) is 14.9. The second-order valence-corrected chi connectivity index (χ2v) is 16.1. The highest BCUT2D eigenvalue weighted by atomic mass is 32.2. The van der Waals surface area contributed by atoms with Gasteiger partial charge in [0.25, 0.3) is 0 Å². The molecule has 0 aliphatic carbocycles. The molecule has 4 nitrogen and oxygen atoms in total. The predicted molar refractivity (Wildman–Crippen MR) is 232 cm³/mol. The first-order valence-corrected chi connectivity index (χ1v) is 23.1. The van der Waals surface area contributed by atoms with Gasteiger partial charge in [-0.1, -0.05) is 169 Å². The van der Waals surface area contributed by atoms with E-state index in [0.29, 0.717) is 25.4 Å². The molecule has 0 unspecified atom stereocenters. The van der Waals surface area contributed by atoms with Crippen LogP contribution >= 0.6 is 11.8 Å². The van der Waals surface area contributed by atoms with Crippen molar-refractivity contribution < 1.29 is 19.0 Å². The number of ketones is 1. The third-order valence-corrected chi connectivity index (χ3v) is 11.1. The number of hydrogen-bond donors (Lipinski definition) is 0. The van der Waals surface area contributed by atoms with E-state index in [4.69, 9.17) is 14.2 Å². The fourth-order valence-corrected chi connectivity index (χ4v) is 7.27. The Labute approximate surface area is 331 Å². The largest absolute Gasteiger partial charge is 0.490 e. The lowest BCUT2D eigenvalue weighted by molar-refractivity contribution is 0.104. The van der Waals surface area contributed by atoms with Crippen LogP contribution < -0.4 is 14.2 Å². The number of benzene rings is 2. The maximum Gasteiger partial charge on any atom is 0.203 e. The summed E-state index contributed by atoms with van der Waals surface area (Å²) >= 11 is 1.83. The van der Waals surface area contributed by atoms with Crippen LogP contribution in [0.5, 0.6) is 17.2 Å². The average molecular weight is 751 g/mol. The smallest absolute Gasteiger partial charge is 0.203 e. The van der Waals surface area contributed by atoms with Gasteiger partial charge in [-0.3, -0.25) is 4.79 Å². The standard InChI is InChI=1S/C48H78O4S/c1-5-9-12-15-18-21-24-27-36-50-46-40-42(30-35-45(49)43-31-33-44(34-32-43)53-39-8-4)41-47(51-37-28-25-22-19-16-13-10-6-2)48(46)52-38-29-26-23-20-17-14-11-7-3/h30-35,40-41H,5-29,36-39H2,1-4H3/b35-30+. The van der Waals surface area contributed by atoms with Gasteiger partial charge < -0.3 is 14.2 Å². The van der Waals surface area contributed by atoms with E-state index < -0.39 is 0 Å². The molecule has 0 radical (unpaired) electrons. The molecule has 0 atom stereocenters. The molecule has 5 heteroatoms. The lowest BCUT2D eigenvalue weighted by atomic mass is 10.1. The summed E-state index contributed by atoms with van der Waals surface area (Å²) in [5.41, 5.74) is 1.59. The van der Waals surface area contributed by atoms with Gasteiger partial charge in [0.05, 0.1) is 19.8 Å². The summed E-state index contributed by atoms with van der Waals surface area (Å²) in [7, 11) is 0. The number of rotatable bonds is 36. The summed E-state index contributed by atoms with van der Waals surface area (Å²) in [4.78, 5) is 14.4. The van der Waals surface area contributed by atoms with Crippen molar-refractivity contribution in [3.05, 3.63) is 53.6 Å². The molecule has 2 aromatic rings. The van der Waals surface area contributed by atoms with E-state index in [1.807, 2.05) is 54.2 Å². The lowest BCUT2D eigenvalue weighted by Crippen LogP contribution is -2.07. The van der Waals surface area contributed by atoms with Crippen LogP contribution in [0.2, 0.25) is 0 Å². The van der Waals surface area contributed by atoms with E-state index in [9.17, 15) is 4.79 Å². The molecule has 300 valence electrons. The van der Waals surface area contributed by atoms with Crippen molar-refractivity contribution in [1.29, 1.82) is 0 Å². The normalized spacial score (nSPS) is 11.4. The summed E-state index contributed by atoms with van der Waals surface area (Å²) in [6.07, 6.45) is 34.9. The Balaban J connectivity index is 2.16. The highest BCUT2D eigenvalue weighted by Crippen LogP contribution is 2.40. The highest BCUT2D eigenvalue weighted by Gasteiger charge is 2.16. The Bertz CT molecular complexity index is 1150.